The number of carbonyl (C=O) groups is 1. The fourth-order valence-corrected chi connectivity index (χ4v) is 4.30. The lowest BCUT2D eigenvalue weighted by Crippen LogP contribution is -2.12. The highest BCUT2D eigenvalue weighted by atomic mass is 32.1. The van der Waals surface area contributed by atoms with E-state index in [1.807, 2.05) is 0 Å². The Labute approximate surface area is 168 Å². The lowest BCUT2D eigenvalue weighted by Gasteiger charge is -2.09. The van der Waals surface area contributed by atoms with Crippen LogP contribution in [0.25, 0.3) is 20.2 Å². The predicted octanol–water partition coefficient (Wildman–Crippen LogP) is 3.68. The Balaban J connectivity index is 1.74. The van der Waals surface area contributed by atoms with Gasteiger partial charge in [0, 0.05) is 33.9 Å². The van der Waals surface area contributed by atoms with Gasteiger partial charge in [0.25, 0.3) is 5.69 Å². The third kappa shape index (κ3) is 3.47. The molecule has 0 fully saturated rings. The highest BCUT2D eigenvalue weighted by Crippen LogP contribution is 2.33. The van der Waals surface area contributed by atoms with Gasteiger partial charge in [0.05, 0.1) is 23.4 Å². The summed E-state index contributed by atoms with van der Waals surface area (Å²) in [6.45, 7) is 2.38. The molecule has 0 saturated carbocycles. The molecular weight excluding hydrogens is 394 g/mol. The minimum absolute atomic E-state index is 0.128. The summed E-state index contributed by atoms with van der Waals surface area (Å²) >= 11 is 1.12. The number of carbonyl (C=O) groups excluding carboxylic acids is 1. The monoisotopic (exact) mass is 409 g/mol. The van der Waals surface area contributed by atoms with E-state index in [0.29, 0.717) is 37.8 Å². The molecule has 2 heterocycles. The van der Waals surface area contributed by atoms with Gasteiger partial charge in [-0.15, -0.1) is 11.3 Å². The van der Waals surface area contributed by atoms with E-state index >= 15 is 0 Å². The third-order valence-corrected chi connectivity index (χ3v) is 5.77. The number of nitro groups is 1. The number of hydrogen-bond donors (Lipinski definition) is 0. The van der Waals surface area contributed by atoms with E-state index in [1.165, 1.54) is 12.1 Å². The molecule has 4 aromatic rings. The zero-order valence-electron chi connectivity index (χ0n) is 15.3. The van der Waals surface area contributed by atoms with Crippen molar-refractivity contribution in [3.8, 4) is 0 Å². The lowest BCUT2D eigenvalue weighted by atomic mass is 10.1. The summed E-state index contributed by atoms with van der Waals surface area (Å²) in [5.74, 6) is -0.508. The number of imidazole rings is 1. The molecule has 4 rings (SSSR count). The summed E-state index contributed by atoms with van der Waals surface area (Å²) in [5, 5.41) is 12.1. The highest BCUT2D eigenvalue weighted by molar-refractivity contribution is 7.25. The van der Waals surface area contributed by atoms with Gasteiger partial charge in [-0.05, 0) is 30.7 Å². The first-order chi connectivity index (χ1) is 14.0. The van der Waals surface area contributed by atoms with Crippen molar-refractivity contribution >= 4 is 43.2 Å². The Kier molecular flexibility index (Phi) is 4.81. The number of ether oxygens (including phenoxy) is 1. The molecule has 8 nitrogen and oxygen atoms in total. The number of benzene rings is 2. The second kappa shape index (κ2) is 7.44. The summed E-state index contributed by atoms with van der Waals surface area (Å²) in [6.07, 6.45) is 5.04. The van der Waals surface area contributed by atoms with Gasteiger partial charge < -0.3 is 9.30 Å². The molecule has 0 amide bonds. The molecule has 29 heavy (non-hydrogen) atoms. The molecular formula is C20H15N3O5S. The molecule has 0 radical (unpaired) electrons. The van der Waals surface area contributed by atoms with Gasteiger partial charge in [-0.25, -0.2) is 9.78 Å². The number of esters is 1. The molecule has 0 N–H and O–H groups in total. The van der Waals surface area contributed by atoms with Crippen LogP contribution in [0.15, 0.2) is 53.8 Å². The molecule has 2 aromatic carbocycles. The Bertz CT molecular complexity index is 1310. The van der Waals surface area contributed by atoms with Crippen molar-refractivity contribution in [1.82, 2.24) is 9.55 Å². The highest BCUT2D eigenvalue weighted by Gasteiger charge is 2.19. The first-order valence-electron chi connectivity index (χ1n) is 8.73. The minimum Gasteiger partial charge on any atom is -0.460 e. The number of hydrogen-bond acceptors (Lipinski definition) is 7. The van der Waals surface area contributed by atoms with E-state index in [-0.39, 0.29) is 17.7 Å². The van der Waals surface area contributed by atoms with E-state index in [1.54, 1.807) is 48.4 Å². The van der Waals surface area contributed by atoms with Crippen LogP contribution in [0.3, 0.4) is 0 Å². The molecule has 0 aliphatic heterocycles. The maximum absolute atomic E-state index is 12.9. The van der Waals surface area contributed by atoms with E-state index in [9.17, 15) is 19.7 Å². The van der Waals surface area contributed by atoms with Crippen LogP contribution in [0.2, 0.25) is 0 Å². The van der Waals surface area contributed by atoms with Crippen molar-refractivity contribution in [2.45, 2.75) is 13.5 Å². The average Bonchev–Trinajstić information content (AvgIpc) is 3.21. The minimum atomic E-state index is -0.510. The number of aryl methyl sites for hydroxylation is 1. The van der Waals surface area contributed by atoms with Crippen molar-refractivity contribution in [3.63, 3.8) is 0 Å². The number of fused-ring (bicyclic) bond motifs is 2. The first kappa shape index (κ1) is 18.8. The molecule has 9 heteroatoms. The number of nitro benzene ring substituents is 1. The van der Waals surface area contributed by atoms with Crippen molar-refractivity contribution in [2.75, 3.05) is 6.61 Å². The summed E-state index contributed by atoms with van der Waals surface area (Å²) in [4.78, 5) is 40.1. The normalized spacial score (nSPS) is 11.1. The van der Waals surface area contributed by atoms with Gasteiger partial charge >= 0.3 is 5.97 Å². The first-order valence-corrected chi connectivity index (χ1v) is 9.55. The maximum atomic E-state index is 12.9. The molecule has 0 unspecified atom stereocenters. The Morgan fingerprint density at radius 3 is 2.86 bits per heavy atom. The molecule has 0 bridgehead atoms. The van der Waals surface area contributed by atoms with Crippen LogP contribution in [0.4, 0.5) is 5.69 Å². The summed E-state index contributed by atoms with van der Waals surface area (Å²) < 4.78 is 7.92. The van der Waals surface area contributed by atoms with Crippen LogP contribution in [-0.4, -0.2) is 27.1 Å². The number of non-ortho nitro benzene ring substituents is 1. The van der Waals surface area contributed by atoms with Gasteiger partial charge in [-0.2, -0.15) is 0 Å². The number of aromatic nitrogens is 2. The molecule has 0 saturated heterocycles. The predicted molar refractivity (Wildman–Crippen MR) is 110 cm³/mol. The van der Waals surface area contributed by atoms with Crippen LogP contribution in [-0.2, 0) is 11.3 Å². The quantitative estimate of drug-likeness (QED) is 0.215. The Morgan fingerprint density at radius 1 is 1.31 bits per heavy atom. The van der Waals surface area contributed by atoms with Crippen LogP contribution in [0, 0.1) is 17.0 Å². The van der Waals surface area contributed by atoms with Gasteiger partial charge in [0.2, 0.25) is 0 Å². The topological polar surface area (TPSA) is 104 Å². The largest absolute Gasteiger partial charge is 0.460 e. The third-order valence-electron chi connectivity index (χ3n) is 4.58. The summed E-state index contributed by atoms with van der Waals surface area (Å²) in [7, 11) is 0. The van der Waals surface area contributed by atoms with E-state index in [2.05, 4.69) is 4.98 Å². The molecule has 0 aliphatic rings. The van der Waals surface area contributed by atoms with Gasteiger partial charge in [-0.3, -0.25) is 14.9 Å². The fourth-order valence-electron chi connectivity index (χ4n) is 3.12. The second-order valence-electron chi connectivity index (χ2n) is 6.44. The van der Waals surface area contributed by atoms with Crippen molar-refractivity contribution in [3.05, 3.63) is 80.5 Å². The average molecular weight is 409 g/mol. The van der Waals surface area contributed by atoms with Crippen molar-refractivity contribution < 1.29 is 14.5 Å². The van der Waals surface area contributed by atoms with Gasteiger partial charge in [0.1, 0.15) is 11.3 Å². The van der Waals surface area contributed by atoms with Crippen LogP contribution in [0.1, 0.15) is 15.9 Å². The molecule has 0 spiro atoms. The van der Waals surface area contributed by atoms with Crippen molar-refractivity contribution in [1.29, 1.82) is 0 Å². The van der Waals surface area contributed by atoms with Crippen LogP contribution in [0.5, 0.6) is 0 Å². The fraction of sp³-hybridized carbons (Fsp3) is 0.150. The van der Waals surface area contributed by atoms with Gasteiger partial charge in [-0.1, -0.05) is 6.07 Å². The van der Waals surface area contributed by atoms with Crippen molar-refractivity contribution in [2.24, 2.45) is 0 Å². The Morgan fingerprint density at radius 2 is 2.14 bits per heavy atom. The number of rotatable bonds is 5. The van der Waals surface area contributed by atoms with E-state index in [0.717, 1.165) is 11.3 Å². The summed E-state index contributed by atoms with van der Waals surface area (Å²) in [6, 6.07) is 7.66. The molecule has 0 atom stereocenters. The van der Waals surface area contributed by atoms with E-state index in [4.69, 9.17) is 4.74 Å². The lowest BCUT2D eigenvalue weighted by molar-refractivity contribution is -0.382. The molecule has 0 aliphatic carbocycles. The molecule has 146 valence electrons. The second-order valence-corrected chi connectivity index (χ2v) is 7.49. The molecule has 2 aromatic heterocycles. The maximum Gasteiger partial charge on any atom is 0.338 e. The summed E-state index contributed by atoms with van der Waals surface area (Å²) in [5.41, 5.74) is 0.521. The van der Waals surface area contributed by atoms with Crippen LogP contribution < -0.4 is 5.43 Å². The van der Waals surface area contributed by atoms with Crippen LogP contribution >= 0.6 is 11.3 Å². The Hall–Kier alpha value is -3.59. The smallest absolute Gasteiger partial charge is 0.338 e. The number of nitrogens with zero attached hydrogens (tertiary/aromatic N) is 3. The zero-order valence-corrected chi connectivity index (χ0v) is 16.1. The zero-order chi connectivity index (χ0) is 20.5. The SMILES string of the molecule is Cc1cc2c(=O)c3cccc([N+](=O)[O-])c3sc2cc1C(=O)OCCn1ccnc1. The van der Waals surface area contributed by atoms with Gasteiger partial charge in [0.15, 0.2) is 5.43 Å². The standard InChI is InChI=1S/C20H15N3O5S/c1-12-9-15-17(10-14(12)20(25)28-8-7-22-6-5-21-11-22)29-19-13(18(15)24)3-2-4-16(19)23(26)27/h2-6,9-11H,7-8H2,1H3. The van der Waals surface area contributed by atoms with E-state index < -0.39 is 10.9 Å².